The number of aromatic nitrogens is 3. The van der Waals surface area contributed by atoms with E-state index in [1.807, 2.05) is 42.5 Å². The van der Waals surface area contributed by atoms with Gasteiger partial charge in [-0.3, -0.25) is 9.36 Å². The van der Waals surface area contributed by atoms with Crippen molar-refractivity contribution in [2.45, 2.75) is 43.8 Å². The van der Waals surface area contributed by atoms with Crippen LogP contribution in [0.2, 0.25) is 0 Å². The highest BCUT2D eigenvalue weighted by molar-refractivity contribution is 7.99. The van der Waals surface area contributed by atoms with Gasteiger partial charge >= 0.3 is 0 Å². The van der Waals surface area contributed by atoms with Gasteiger partial charge in [0.1, 0.15) is 5.82 Å². The molecule has 0 aliphatic carbocycles. The molecule has 40 heavy (non-hydrogen) atoms. The van der Waals surface area contributed by atoms with Crippen LogP contribution in [0.3, 0.4) is 0 Å². The van der Waals surface area contributed by atoms with Crippen molar-refractivity contribution in [3.05, 3.63) is 143 Å². The summed E-state index contributed by atoms with van der Waals surface area (Å²) >= 11 is 1.70. The molecule has 1 heterocycles. The van der Waals surface area contributed by atoms with Crippen molar-refractivity contribution in [2.75, 3.05) is 5.75 Å². The molecular weight excluding hydrogens is 512 g/mol. The number of unbranched alkanes of at least 4 members (excludes halogenated alkanes) is 1. The summed E-state index contributed by atoms with van der Waals surface area (Å²) in [7, 11) is 0. The minimum atomic E-state index is -0.153. The van der Waals surface area contributed by atoms with Gasteiger partial charge in [0, 0.05) is 18.6 Å². The van der Waals surface area contributed by atoms with Gasteiger partial charge in [-0.05, 0) is 48.1 Å². The van der Waals surface area contributed by atoms with Crippen LogP contribution in [0.1, 0.15) is 53.4 Å². The Morgan fingerprint density at radius 1 is 0.775 bits per heavy atom. The first-order valence-corrected chi connectivity index (χ1v) is 14.7. The number of carbonyl (C=O) groups is 1. The lowest BCUT2D eigenvalue weighted by Crippen LogP contribution is -2.29. The topological polar surface area (TPSA) is 59.8 Å². The Bertz CT molecular complexity index is 1460. The van der Waals surface area contributed by atoms with Gasteiger partial charge < -0.3 is 5.32 Å². The Labute approximate surface area is 240 Å². The fourth-order valence-corrected chi connectivity index (χ4v) is 5.74. The summed E-state index contributed by atoms with van der Waals surface area (Å²) in [5, 5.41) is 13.3. The summed E-state index contributed by atoms with van der Waals surface area (Å²) in [6, 6.07) is 38.8. The lowest BCUT2D eigenvalue weighted by molar-refractivity contribution is -0.121. The standard InChI is InChI=1S/C34H34N4OS/c1-26-15-11-12-22-30(26)38-31(25-27-16-5-2-6-17-27)36-37-34(38)40-24-14-13-23-32(39)35-33(28-18-7-3-8-19-28)29-20-9-4-10-21-29/h2-12,15-22,33H,13-14,23-25H2,1H3,(H,35,39). The maximum absolute atomic E-state index is 12.9. The highest BCUT2D eigenvalue weighted by atomic mass is 32.2. The number of carbonyl (C=O) groups excluding carboxylic acids is 1. The molecule has 1 N–H and O–H groups in total. The average molecular weight is 547 g/mol. The highest BCUT2D eigenvalue weighted by Crippen LogP contribution is 2.27. The first-order valence-electron chi connectivity index (χ1n) is 13.8. The summed E-state index contributed by atoms with van der Waals surface area (Å²) in [6.07, 6.45) is 2.92. The van der Waals surface area contributed by atoms with Crippen LogP contribution in [0, 0.1) is 6.92 Å². The molecule has 1 amide bonds. The first kappa shape index (κ1) is 27.4. The number of hydrogen-bond donors (Lipinski definition) is 1. The minimum absolute atomic E-state index is 0.0657. The van der Waals surface area contributed by atoms with Crippen LogP contribution in [0.4, 0.5) is 0 Å². The number of benzene rings is 4. The molecule has 0 unspecified atom stereocenters. The van der Waals surface area contributed by atoms with Crippen molar-refractivity contribution in [2.24, 2.45) is 0 Å². The lowest BCUT2D eigenvalue weighted by Gasteiger charge is -2.20. The number of nitrogens with one attached hydrogen (secondary N) is 1. The Kier molecular flexibility index (Phi) is 9.43. The van der Waals surface area contributed by atoms with Gasteiger partial charge in [0.15, 0.2) is 5.16 Å². The van der Waals surface area contributed by atoms with E-state index in [1.54, 1.807) is 11.8 Å². The number of rotatable bonds is 12. The molecule has 0 saturated heterocycles. The number of aryl methyl sites for hydroxylation is 1. The summed E-state index contributed by atoms with van der Waals surface area (Å²) < 4.78 is 2.18. The highest BCUT2D eigenvalue weighted by Gasteiger charge is 2.18. The van der Waals surface area contributed by atoms with Gasteiger partial charge in [0.25, 0.3) is 0 Å². The molecule has 4 aromatic carbocycles. The fraction of sp³-hybridized carbons (Fsp3) is 0.206. The maximum atomic E-state index is 12.9. The molecule has 0 spiro atoms. The second kappa shape index (κ2) is 13.8. The third-order valence-corrected chi connectivity index (χ3v) is 7.88. The molecule has 0 aliphatic rings. The van der Waals surface area contributed by atoms with E-state index in [9.17, 15) is 4.79 Å². The molecule has 0 aliphatic heterocycles. The van der Waals surface area contributed by atoms with Crippen LogP contribution in [-0.4, -0.2) is 26.4 Å². The van der Waals surface area contributed by atoms with E-state index >= 15 is 0 Å². The van der Waals surface area contributed by atoms with Crippen LogP contribution >= 0.6 is 11.8 Å². The predicted molar refractivity (Wildman–Crippen MR) is 163 cm³/mol. The van der Waals surface area contributed by atoms with E-state index in [2.05, 4.69) is 99.8 Å². The van der Waals surface area contributed by atoms with Crippen molar-refractivity contribution in [3.8, 4) is 5.69 Å². The number of para-hydroxylation sites is 1. The van der Waals surface area contributed by atoms with Gasteiger partial charge in [0.2, 0.25) is 5.91 Å². The van der Waals surface area contributed by atoms with Crippen molar-refractivity contribution in [1.82, 2.24) is 20.1 Å². The number of thioether (sulfide) groups is 1. The van der Waals surface area contributed by atoms with E-state index < -0.39 is 0 Å². The smallest absolute Gasteiger partial charge is 0.220 e. The largest absolute Gasteiger partial charge is 0.345 e. The molecule has 202 valence electrons. The Morgan fingerprint density at radius 2 is 1.38 bits per heavy atom. The molecule has 6 heteroatoms. The third-order valence-electron chi connectivity index (χ3n) is 6.86. The quantitative estimate of drug-likeness (QED) is 0.131. The minimum Gasteiger partial charge on any atom is -0.345 e. The molecule has 1 aromatic heterocycles. The van der Waals surface area contributed by atoms with E-state index in [4.69, 9.17) is 0 Å². The van der Waals surface area contributed by atoms with Crippen LogP contribution < -0.4 is 5.32 Å². The van der Waals surface area contributed by atoms with Gasteiger partial charge in [-0.15, -0.1) is 10.2 Å². The summed E-state index contributed by atoms with van der Waals surface area (Å²) in [5.74, 6) is 1.86. The second-order valence-corrected chi connectivity index (χ2v) is 10.9. The first-order chi connectivity index (χ1) is 19.7. The zero-order valence-electron chi connectivity index (χ0n) is 22.7. The Hall–Kier alpha value is -4.16. The van der Waals surface area contributed by atoms with Gasteiger partial charge in [0.05, 0.1) is 11.7 Å². The number of nitrogens with zero attached hydrogens (tertiary/aromatic N) is 3. The molecule has 5 nitrogen and oxygen atoms in total. The second-order valence-electron chi connectivity index (χ2n) is 9.81. The van der Waals surface area contributed by atoms with Gasteiger partial charge in [-0.25, -0.2) is 0 Å². The summed E-state index contributed by atoms with van der Waals surface area (Å²) in [4.78, 5) is 12.9. The van der Waals surface area contributed by atoms with E-state index in [0.717, 1.165) is 46.4 Å². The van der Waals surface area contributed by atoms with Crippen LogP contribution in [-0.2, 0) is 11.2 Å². The molecular formula is C34H34N4OS. The summed E-state index contributed by atoms with van der Waals surface area (Å²) in [6.45, 7) is 2.12. The molecule has 0 atom stereocenters. The average Bonchev–Trinajstić information content (AvgIpc) is 3.39. The molecule has 5 aromatic rings. The Balaban J connectivity index is 1.19. The van der Waals surface area contributed by atoms with E-state index in [1.165, 1.54) is 11.1 Å². The van der Waals surface area contributed by atoms with Gasteiger partial charge in [-0.2, -0.15) is 0 Å². The molecule has 5 rings (SSSR count). The molecule has 0 radical (unpaired) electrons. The zero-order valence-corrected chi connectivity index (χ0v) is 23.6. The van der Waals surface area contributed by atoms with E-state index in [-0.39, 0.29) is 11.9 Å². The van der Waals surface area contributed by atoms with Crippen LogP contribution in [0.15, 0.2) is 120 Å². The predicted octanol–water partition coefficient (Wildman–Crippen LogP) is 7.33. The van der Waals surface area contributed by atoms with E-state index in [0.29, 0.717) is 12.8 Å². The summed E-state index contributed by atoms with van der Waals surface area (Å²) in [5.41, 5.74) is 5.66. The molecule has 0 bridgehead atoms. The number of hydrogen-bond acceptors (Lipinski definition) is 4. The van der Waals surface area contributed by atoms with Crippen LogP contribution in [0.5, 0.6) is 0 Å². The van der Waals surface area contributed by atoms with Crippen molar-refractivity contribution in [3.63, 3.8) is 0 Å². The monoisotopic (exact) mass is 546 g/mol. The Morgan fingerprint density at radius 3 is 2.02 bits per heavy atom. The SMILES string of the molecule is Cc1ccccc1-n1c(Cc2ccccc2)nnc1SCCCCC(=O)NC(c1ccccc1)c1ccccc1. The normalized spacial score (nSPS) is 11.1. The molecule has 0 fully saturated rings. The van der Waals surface area contributed by atoms with Crippen molar-refractivity contribution in [1.29, 1.82) is 0 Å². The molecule has 0 saturated carbocycles. The third kappa shape index (κ3) is 7.07. The number of amides is 1. The fourth-order valence-electron chi connectivity index (χ4n) is 4.78. The maximum Gasteiger partial charge on any atom is 0.220 e. The van der Waals surface area contributed by atoms with Gasteiger partial charge in [-0.1, -0.05) is 121 Å². The van der Waals surface area contributed by atoms with Crippen molar-refractivity contribution >= 4 is 17.7 Å². The van der Waals surface area contributed by atoms with Crippen LogP contribution in [0.25, 0.3) is 5.69 Å². The zero-order chi connectivity index (χ0) is 27.6. The van der Waals surface area contributed by atoms with Crippen molar-refractivity contribution < 1.29 is 4.79 Å². The lowest BCUT2D eigenvalue weighted by atomic mass is 9.98.